The lowest BCUT2D eigenvalue weighted by Gasteiger charge is -2.14. The standard InChI is InChI=1S/C14H16ClFN2O2/c1-3-8(2)17-14(19)12-7-11(18-20-12)13-9(15)5-4-6-10(13)16/h4-6,8,12H,3,7H2,1-2H3,(H,17,19). The van der Waals surface area contributed by atoms with Crippen LogP contribution in [-0.4, -0.2) is 23.8 Å². The fourth-order valence-electron chi connectivity index (χ4n) is 1.88. The van der Waals surface area contributed by atoms with E-state index in [2.05, 4.69) is 10.5 Å². The highest BCUT2D eigenvalue weighted by molar-refractivity contribution is 6.34. The zero-order valence-corrected chi connectivity index (χ0v) is 12.1. The second-order valence-corrected chi connectivity index (χ2v) is 5.16. The first-order chi connectivity index (χ1) is 9.52. The molecule has 2 rings (SSSR count). The van der Waals surface area contributed by atoms with Gasteiger partial charge in [0.05, 0.1) is 16.3 Å². The molecule has 4 nitrogen and oxygen atoms in total. The van der Waals surface area contributed by atoms with Gasteiger partial charge in [-0.1, -0.05) is 29.7 Å². The van der Waals surface area contributed by atoms with Crippen molar-refractivity contribution in [2.75, 3.05) is 0 Å². The van der Waals surface area contributed by atoms with Crippen LogP contribution in [0.5, 0.6) is 0 Å². The van der Waals surface area contributed by atoms with Crippen molar-refractivity contribution in [3.63, 3.8) is 0 Å². The van der Waals surface area contributed by atoms with E-state index in [1.807, 2.05) is 13.8 Å². The minimum absolute atomic E-state index is 0.0622. The van der Waals surface area contributed by atoms with Gasteiger partial charge in [-0.25, -0.2) is 4.39 Å². The lowest BCUT2D eigenvalue weighted by Crippen LogP contribution is -2.39. The Morgan fingerprint density at radius 2 is 2.40 bits per heavy atom. The Hall–Kier alpha value is -1.62. The molecule has 1 aromatic carbocycles. The Labute approximate surface area is 121 Å². The van der Waals surface area contributed by atoms with Crippen LogP contribution in [0.15, 0.2) is 23.4 Å². The van der Waals surface area contributed by atoms with E-state index in [1.54, 1.807) is 6.07 Å². The summed E-state index contributed by atoms with van der Waals surface area (Å²) in [5.74, 6) is -0.714. The first-order valence-electron chi connectivity index (χ1n) is 6.50. The van der Waals surface area contributed by atoms with Gasteiger partial charge in [0, 0.05) is 12.5 Å². The molecule has 6 heteroatoms. The van der Waals surface area contributed by atoms with E-state index >= 15 is 0 Å². The molecule has 1 aliphatic heterocycles. The fourth-order valence-corrected chi connectivity index (χ4v) is 2.15. The van der Waals surface area contributed by atoms with Gasteiger partial charge in [0.1, 0.15) is 5.82 Å². The topological polar surface area (TPSA) is 50.7 Å². The summed E-state index contributed by atoms with van der Waals surface area (Å²) in [7, 11) is 0. The number of hydrogen-bond donors (Lipinski definition) is 1. The van der Waals surface area contributed by atoms with Crippen molar-refractivity contribution in [2.45, 2.75) is 38.8 Å². The summed E-state index contributed by atoms with van der Waals surface area (Å²) >= 11 is 5.97. The maximum atomic E-state index is 13.8. The molecule has 1 heterocycles. The molecule has 0 aliphatic carbocycles. The molecule has 0 bridgehead atoms. The molecular formula is C14H16ClFN2O2. The van der Waals surface area contributed by atoms with Gasteiger partial charge in [-0.15, -0.1) is 0 Å². The first-order valence-corrected chi connectivity index (χ1v) is 6.88. The Balaban J connectivity index is 2.07. The average molecular weight is 299 g/mol. The van der Waals surface area contributed by atoms with Gasteiger partial charge in [-0.05, 0) is 25.5 Å². The van der Waals surface area contributed by atoms with Crippen molar-refractivity contribution in [1.82, 2.24) is 5.32 Å². The van der Waals surface area contributed by atoms with Gasteiger partial charge in [0.15, 0.2) is 0 Å². The van der Waals surface area contributed by atoms with Gasteiger partial charge in [-0.3, -0.25) is 4.79 Å². The maximum Gasteiger partial charge on any atom is 0.264 e. The molecule has 1 N–H and O–H groups in total. The average Bonchev–Trinajstić information content (AvgIpc) is 2.88. The van der Waals surface area contributed by atoms with E-state index in [4.69, 9.17) is 16.4 Å². The molecule has 1 aliphatic rings. The monoisotopic (exact) mass is 298 g/mol. The number of rotatable bonds is 4. The van der Waals surface area contributed by atoms with Gasteiger partial charge in [-0.2, -0.15) is 0 Å². The van der Waals surface area contributed by atoms with Gasteiger partial charge in [0.25, 0.3) is 5.91 Å². The molecule has 1 aromatic rings. The van der Waals surface area contributed by atoms with Crippen LogP contribution in [0.4, 0.5) is 4.39 Å². The normalized spacial score (nSPS) is 19.2. The number of halogens is 2. The second-order valence-electron chi connectivity index (χ2n) is 4.75. The Morgan fingerprint density at radius 1 is 1.65 bits per heavy atom. The molecule has 0 saturated heterocycles. The fraction of sp³-hybridized carbons (Fsp3) is 0.429. The summed E-state index contributed by atoms with van der Waals surface area (Å²) in [6.07, 6.45) is 0.309. The SMILES string of the molecule is CCC(C)NC(=O)C1CC(c2c(F)cccc2Cl)=NO1. The number of amides is 1. The molecule has 0 radical (unpaired) electrons. The van der Waals surface area contributed by atoms with Crippen LogP contribution >= 0.6 is 11.6 Å². The quantitative estimate of drug-likeness (QED) is 0.929. The molecule has 0 spiro atoms. The van der Waals surface area contributed by atoms with Crippen molar-refractivity contribution in [3.8, 4) is 0 Å². The maximum absolute atomic E-state index is 13.8. The third-order valence-electron chi connectivity index (χ3n) is 3.21. The third kappa shape index (κ3) is 3.10. The number of carbonyl (C=O) groups is 1. The number of nitrogens with zero attached hydrogens (tertiary/aromatic N) is 1. The number of carbonyl (C=O) groups excluding carboxylic acids is 1. The van der Waals surface area contributed by atoms with E-state index in [1.165, 1.54) is 12.1 Å². The highest BCUT2D eigenvalue weighted by Gasteiger charge is 2.31. The summed E-state index contributed by atoms with van der Waals surface area (Å²) in [6.45, 7) is 3.88. The van der Waals surface area contributed by atoms with Gasteiger partial charge >= 0.3 is 0 Å². The molecule has 2 atom stereocenters. The lowest BCUT2D eigenvalue weighted by molar-refractivity contribution is -0.131. The third-order valence-corrected chi connectivity index (χ3v) is 3.53. The van der Waals surface area contributed by atoms with Crippen LogP contribution in [0, 0.1) is 5.82 Å². The van der Waals surface area contributed by atoms with Crippen molar-refractivity contribution in [2.24, 2.45) is 5.16 Å². The van der Waals surface area contributed by atoms with Gasteiger partial charge in [0.2, 0.25) is 6.10 Å². The van der Waals surface area contributed by atoms with Gasteiger partial charge < -0.3 is 10.2 Å². The summed E-state index contributed by atoms with van der Waals surface area (Å²) in [4.78, 5) is 17.0. The van der Waals surface area contributed by atoms with E-state index in [0.29, 0.717) is 5.71 Å². The Bertz CT molecular complexity index is 528. The summed E-state index contributed by atoms with van der Waals surface area (Å²) in [5.41, 5.74) is 0.561. The molecule has 108 valence electrons. The van der Waals surface area contributed by atoms with Crippen molar-refractivity contribution < 1.29 is 14.0 Å². The molecule has 20 heavy (non-hydrogen) atoms. The first kappa shape index (κ1) is 14.8. The van der Waals surface area contributed by atoms with Crippen molar-refractivity contribution in [1.29, 1.82) is 0 Å². The van der Waals surface area contributed by atoms with Crippen molar-refractivity contribution in [3.05, 3.63) is 34.6 Å². The van der Waals surface area contributed by atoms with Crippen LogP contribution < -0.4 is 5.32 Å². The molecule has 0 fully saturated rings. The summed E-state index contributed by atoms with van der Waals surface area (Å²) < 4.78 is 13.8. The lowest BCUT2D eigenvalue weighted by atomic mass is 10.0. The smallest absolute Gasteiger partial charge is 0.264 e. The number of nitrogens with one attached hydrogen (secondary N) is 1. The minimum Gasteiger partial charge on any atom is -0.382 e. The molecular weight excluding hydrogens is 283 g/mol. The highest BCUT2D eigenvalue weighted by atomic mass is 35.5. The van der Waals surface area contributed by atoms with E-state index < -0.39 is 11.9 Å². The zero-order chi connectivity index (χ0) is 14.7. The predicted molar refractivity (Wildman–Crippen MR) is 75.3 cm³/mol. The molecule has 0 aromatic heterocycles. The molecule has 0 saturated carbocycles. The number of hydrogen-bond acceptors (Lipinski definition) is 3. The Kier molecular flexibility index (Phi) is 4.60. The van der Waals surface area contributed by atoms with Crippen molar-refractivity contribution >= 4 is 23.2 Å². The number of oxime groups is 1. The second kappa shape index (κ2) is 6.22. The van der Waals surface area contributed by atoms with E-state index in [0.717, 1.165) is 6.42 Å². The molecule has 1 amide bonds. The van der Waals surface area contributed by atoms with Crippen LogP contribution in [-0.2, 0) is 9.63 Å². The largest absolute Gasteiger partial charge is 0.382 e. The number of benzene rings is 1. The summed E-state index contributed by atoms with van der Waals surface area (Å²) in [6, 6.07) is 4.46. The van der Waals surface area contributed by atoms with E-state index in [-0.39, 0.29) is 29.0 Å². The van der Waals surface area contributed by atoms with Crippen LogP contribution in [0.25, 0.3) is 0 Å². The van der Waals surface area contributed by atoms with Crippen LogP contribution in [0.2, 0.25) is 5.02 Å². The minimum atomic E-state index is -0.727. The summed E-state index contributed by atoms with van der Waals surface area (Å²) in [5, 5.41) is 6.86. The predicted octanol–water partition coefficient (Wildman–Crippen LogP) is 2.89. The molecule has 2 unspecified atom stereocenters. The van der Waals surface area contributed by atoms with Crippen LogP contribution in [0.1, 0.15) is 32.3 Å². The van der Waals surface area contributed by atoms with Crippen LogP contribution in [0.3, 0.4) is 0 Å². The highest BCUT2D eigenvalue weighted by Crippen LogP contribution is 2.25. The van der Waals surface area contributed by atoms with E-state index in [9.17, 15) is 9.18 Å². The Morgan fingerprint density at radius 3 is 3.05 bits per heavy atom. The zero-order valence-electron chi connectivity index (χ0n) is 11.3.